The number of hydrogen-bond acceptors (Lipinski definition) is 1. The molecule has 1 heteroatoms. The fourth-order valence-corrected chi connectivity index (χ4v) is 7.06. The van der Waals surface area contributed by atoms with E-state index >= 15 is 0 Å². The normalized spacial score (nSPS) is 14.5. The lowest BCUT2D eigenvalue weighted by molar-refractivity contribution is 0.669. The Morgan fingerprint density at radius 3 is 1.64 bits per heavy atom. The van der Waals surface area contributed by atoms with Crippen LogP contribution in [0.4, 0.5) is 0 Å². The van der Waals surface area contributed by atoms with E-state index in [9.17, 15) is 5.48 Å². The lowest BCUT2D eigenvalue weighted by atomic mass is 9.84. The molecule has 0 saturated heterocycles. The van der Waals surface area contributed by atoms with E-state index < -0.39 is 24.2 Å². The molecule has 0 atom stereocenters. The van der Waals surface area contributed by atoms with E-state index in [1.165, 1.54) is 0 Å². The molecule has 0 saturated carbocycles. The quantitative estimate of drug-likeness (QED) is 0.147. The van der Waals surface area contributed by atoms with Crippen LogP contribution in [0.25, 0.3) is 98.1 Å². The number of hydrogen-bond donors (Lipinski definition) is 0. The SMILES string of the molecule is [2H]c1c([2H])c([2H])c2c(-c3cc4ccccc4c4ccccc34)c3c([2H])c([2H])c([2H])c([2H])c3c(-c3ccc4c(c3)oc3cc5ccccc5cc34)c2c1[2H]. The third-order valence-corrected chi connectivity index (χ3v) is 9.04. The van der Waals surface area contributed by atoms with Crippen LogP contribution in [-0.4, -0.2) is 0 Å². The highest BCUT2D eigenvalue weighted by atomic mass is 16.3. The van der Waals surface area contributed by atoms with E-state index in [1.54, 1.807) is 0 Å². The van der Waals surface area contributed by atoms with Gasteiger partial charge in [0.15, 0.2) is 0 Å². The molecule has 0 radical (unpaired) electrons. The number of fused-ring (bicyclic) bond motifs is 9. The first-order valence-electron chi connectivity index (χ1n) is 18.9. The van der Waals surface area contributed by atoms with Gasteiger partial charge in [-0.2, -0.15) is 0 Å². The summed E-state index contributed by atoms with van der Waals surface area (Å²) in [6.07, 6.45) is 0. The summed E-state index contributed by atoms with van der Waals surface area (Å²) in [5, 5.41) is 8.14. The summed E-state index contributed by atoms with van der Waals surface area (Å²) in [6.45, 7) is 0. The molecule has 0 spiro atoms. The van der Waals surface area contributed by atoms with E-state index in [1.807, 2.05) is 103 Å². The van der Waals surface area contributed by atoms with Gasteiger partial charge >= 0.3 is 0 Å². The summed E-state index contributed by atoms with van der Waals surface area (Å²) >= 11 is 0. The van der Waals surface area contributed by atoms with Crippen molar-refractivity contribution in [3.05, 3.63) is 158 Å². The molecule has 0 bridgehead atoms. The van der Waals surface area contributed by atoms with Crippen LogP contribution in [0.3, 0.4) is 0 Å². The third kappa shape index (κ3) is 3.56. The van der Waals surface area contributed by atoms with Crippen LogP contribution < -0.4 is 0 Å². The van der Waals surface area contributed by atoms with Crippen LogP contribution >= 0.6 is 0 Å². The number of rotatable bonds is 2. The van der Waals surface area contributed by atoms with Gasteiger partial charge in [-0.05, 0) is 106 Å². The lowest BCUT2D eigenvalue weighted by Gasteiger charge is -2.19. The fourth-order valence-electron chi connectivity index (χ4n) is 7.06. The monoisotopic (exact) mass is 578 g/mol. The van der Waals surface area contributed by atoms with Crippen molar-refractivity contribution < 1.29 is 15.4 Å². The molecule has 0 fully saturated rings. The molecule has 9 aromatic carbocycles. The van der Waals surface area contributed by atoms with Crippen LogP contribution in [0.2, 0.25) is 0 Å². The van der Waals surface area contributed by atoms with Crippen molar-refractivity contribution in [2.75, 3.05) is 0 Å². The van der Waals surface area contributed by atoms with Gasteiger partial charge in [0.05, 0.1) is 11.0 Å². The summed E-state index contributed by atoms with van der Waals surface area (Å²) in [7, 11) is 0. The Labute approximate surface area is 270 Å². The van der Waals surface area contributed by atoms with Crippen LogP contribution in [0, 0.1) is 0 Å². The Morgan fingerprint density at radius 2 is 0.933 bits per heavy atom. The summed E-state index contributed by atoms with van der Waals surface area (Å²) in [6, 6.07) is 32.3. The summed E-state index contributed by atoms with van der Waals surface area (Å²) < 4.78 is 79.4. The lowest BCUT2D eigenvalue weighted by Crippen LogP contribution is -1.92. The van der Waals surface area contributed by atoms with E-state index in [0.717, 1.165) is 43.1 Å². The Bertz CT molecular complexity index is 3190. The van der Waals surface area contributed by atoms with Crippen molar-refractivity contribution in [3.8, 4) is 22.3 Å². The van der Waals surface area contributed by atoms with E-state index in [-0.39, 0.29) is 51.3 Å². The van der Waals surface area contributed by atoms with Crippen LogP contribution in [0.1, 0.15) is 11.0 Å². The molecule has 0 unspecified atom stereocenters. The van der Waals surface area contributed by atoms with Crippen LogP contribution in [0.15, 0.2) is 162 Å². The molecule has 0 aliphatic carbocycles. The standard InChI is InChI=1S/C44H26O/c1-2-12-28-25-42-39(23-27(28)11-1)34-22-21-30(26-41(34)45-42)43-35-17-7-9-19-37(35)44(38-20-10-8-18-36(38)43)40-24-29-13-3-4-14-31(29)32-15-5-6-16-33(32)40/h1-26H/i7D,8D,9D,10D,17D,18D,19D,20D. The van der Waals surface area contributed by atoms with Gasteiger partial charge in [0, 0.05) is 10.8 Å². The summed E-state index contributed by atoms with van der Waals surface area (Å²) in [5.74, 6) is 0. The maximum absolute atomic E-state index is 9.42. The van der Waals surface area contributed by atoms with Gasteiger partial charge in [-0.1, -0.05) is 127 Å². The maximum atomic E-state index is 9.42. The first-order valence-corrected chi connectivity index (χ1v) is 14.9. The predicted molar refractivity (Wildman–Crippen MR) is 192 cm³/mol. The summed E-state index contributed by atoms with van der Waals surface area (Å²) in [4.78, 5) is 0. The largest absolute Gasteiger partial charge is 0.456 e. The van der Waals surface area contributed by atoms with Crippen molar-refractivity contribution in [1.82, 2.24) is 0 Å². The Balaban J connectivity index is 1.44. The zero-order valence-corrected chi connectivity index (χ0v) is 23.8. The molecule has 0 amide bonds. The molecule has 1 aromatic heterocycles. The van der Waals surface area contributed by atoms with Gasteiger partial charge in [0.25, 0.3) is 0 Å². The molecule has 10 rings (SSSR count). The minimum absolute atomic E-state index is 0.168. The van der Waals surface area contributed by atoms with Gasteiger partial charge < -0.3 is 4.42 Å². The smallest absolute Gasteiger partial charge is 0.136 e. The van der Waals surface area contributed by atoms with E-state index in [0.29, 0.717) is 27.9 Å². The molecule has 208 valence electrons. The average molecular weight is 579 g/mol. The Morgan fingerprint density at radius 1 is 0.378 bits per heavy atom. The second-order valence-corrected chi connectivity index (χ2v) is 11.4. The highest BCUT2D eigenvalue weighted by molar-refractivity contribution is 6.26. The molecule has 1 nitrogen and oxygen atoms in total. The van der Waals surface area contributed by atoms with Crippen molar-refractivity contribution >= 4 is 75.8 Å². The molecular formula is C44H26O. The van der Waals surface area contributed by atoms with E-state index in [2.05, 4.69) is 6.07 Å². The number of furan rings is 1. The third-order valence-electron chi connectivity index (χ3n) is 9.04. The average Bonchev–Trinajstić information content (AvgIpc) is 3.54. The minimum Gasteiger partial charge on any atom is -0.456 e. The zero-order valence-electron chi connectivity index (χ0n) is 31.8. The Hall–Kier alpha value is -5.92. The molecule has 1 heterocycles. The first-order chi connectivity index (χ1) is 25.6. The fraction of sp³-hybridized carbons (Fsp3) is 0. The predicted octanol–water partition coefficient (Wildman–Crippen LogP) is 12.7. The molecular weight excluding hydrogens is 544 g/mol. The highest BCUT2D eigenvalue weighted by Crippen LogP contribution is 2.47. The second-order valence-electron chi connectivity index (χ2n) is 11.4. The molecule has 0 aliphatic rings. The molecule has 45 heavy (non-hydrogen) atoms. The van der Waals surface area contributed by atoms with Crippen LogP contribution in [-0.2, 0) is 0 Å². The van der Waals surface area contributed by atoms with Crippen LogP contribution in [0.5, 0.6) is 0 Å². The maximum Gasteiger partial charge on any atom is 0.136 e. The minimum atomic E-state index is -0.435. The van der Waals surface area contributed by atoms with Crippen molar-refractivity contribution in [2.24, 2.45) is 0 Å². The van der Waals surface area contributed by atoms with Gasteiger partial charge in [0.1, 0.15) is 11.2 Å². The zero-order chi connectivity index (χ0) is 36.4. The topological polar surface area (TPSA) is 13.1 Å². The van der Waals surface area contributed by atoms with Gasteiger partial charge in [-0.3, -0.25) is 0 Å². The Kier molecular flexibility index (Phi) is 3.72. The second kappa shape index (κ2) is 9.29. The van der Waals surface area contributed by atoms with Crippen molar-refractivity contribution in [2.45, 2.75) is 0 Å². The molecule has 10 aromatic rings. The van der Waals surface area contributed by atoms with Crippen molar-refractivity contribution in [3.63, 3.8) is 0 Å². The first kappa shape index (κ1) is 18.0. The highest BCUT2D eigenvalue weighted by Gasteiger charge is 2.19. The molecule has 0 aliphatic heterocycles. The van der Waals surface area contributed by atoms with Gasteiger partial charge in [-0.15, -0.1) is 0 Å². The summed E-state index contributed by atoms with van der Waals surface area (Å²) in [5.41, 5.74) is 2.96. The van der Waals surface area contributed by atoms with Crippen molar-refractivity contribution in [1.29, 1.82) is 0 Å². The van der Waals surface area contributed by atoms with Gasteiger partial charge in [-0.25, -0.2) is 0 Å². The number of benzene rings is 9. The van der Waals surface area contributed by atoms with E-state index in [4.69, 9.17) is 9.90 Å². The van der Waals surface area contributed by atoms with Gasteiger partial charge in [0.2, 0.25) is 0 Å². The molecule has 0 N–H and O–H groups in total.